The van der Waals surface area contributed by atoms with Crippen molar-refractivity contribution in [3.05, 3.63) is 40.7 Å². The molecule has 1 aromatic carbocycles. The lowest BCUT2D eigenvalue weighted by Crippen LogP contribution is -2.34. The quantitative estimate of drug-likeness (QED) is 0.939. The molecule has 0 spiro atoms. The second-order valence-electron chi connectivity index (χ2n) is 6.31. The van der Waals surface area contributed by atoms with Crippen molar-refractivity contribution < 1.29 is 4.79 Å². The summed E-state index contributed by atoms with van der Waals surface area (Å²) in [5, 5.41) is 0.197. The molecular formula is C17H17ClN4O. The molecular weight excluding hydrogens is 312 g/mol. The van der Waals surface area contributed by atoms with Gasteiger partial charge in [-0.05, 0) is 43.4 Å². The molecule has 2 aliphatic rings. The molecule has 4 rings (SSSR count). The fraction of sp³-hybridized carbons (Fsp3) is 0.353. The van der Waals surface area contributed by atoms with Gasteiger partial charge in [-0.3, -0.25) is 4.79 Å². The van der Waals surface area contributed by atoms with Crippen molar-refractivity contribution in [1.82, 2.24) is 14.9 Å². The van der Waals surface area contributed by atoms with Gasteiger partial charge >= 0.3 is 0 Å². The van der Waals surface area contributed by atoms with Gasteiger partial charge in [0, 0.05) is 23.7 Å². The summed E-state index contributed by atoms with van der Waals surface area (Å²) in [4.78, 5) is 22.9. The topological polar surface area (TPSA) is 72.1 Å². The summed E-state index contributed by atoms with van der Waals surface area (Å²) in [6.07, 6.45) is 4.06. The van der Waals surface area contributed by atoms with Crippen LogP contribution in [0.5, 0.6) is 0 Å². The largest absolute Gasteiger partial charge is 0.381 e. The van der Waals surface area contributed by atoms with Gasteiger partial charge in [0.2, 0.25) is 0 Å². The predicted octanol–water partition coefficient (Wildman–Crippen LogP) is 3.13. The number of anilines is 1. The van der Waals surface area contributed by atoms with Gasteiger partial charge in [-0.1, -0.05) is 17.7 Å². The predicted molar refractivity (Wildman–Crippen MR) is 88.9 cm³/mol. The average Bonchev–Trinajstić information content (AvgIpc) is 3.34. The molecule has 1 amide bonds. The number of nitrogen functional groups attached to an aromatic ring is 1. The minimum absolute atomic E-state index is 0.132. The lowest BCUT2D eigenvalue weighted by atomic mass is 10.0. The maximum Gasteiger partial charge on any atom is 0.254 e. The molecule has 1 fully saturated rings. The first kappa shape index (κ1) is 14.5. The van der Waals surface area contributed by atoms with Crippen LogP contribution < -0.4 is 5.73 Å². The summed E-state index contributed by atoms with van der Waals surface area (Å²) in [5.74, 6) is 1.01. The molecule has 23 heavy (non-hydrogen) atoms. The molecule has 1 atom stereocenters. The van der Waals surface area contributed by atoms with Gasteiger partial charge in [0.15, 0.2) is 11.0 Å². The highest BCUT2D eigenvalue weighted by Crippen LogP contribution is 2.38. The zero-order valence-electron chi connectivity index (χ0n) is 12.8. The van der Waals surface area contributed by atoms with Crippen LogP contribution in [-0.2, 0) is 6.54 Å². The second kappa shape index (κ2) is 5.20. The second-order valence-corrected chi connectivity index (χ2v) is 6.67. The number of hydrogen-bond acceptors (Lipinski definition) is 4. The summed E-state index contributed by atoms with van der Waals surface area (Å²) in [5.41, 5.74) is 8.98. The number of amides is 1. The van der Waals surface area contributed by atoms with Gasteiger partial charge in [0.25, 0.3) is 5.91 Å². The van der Waals surface area contributed by atoms with Crippen LogP contribution in [0.4, 0.5) is 5.82 Å². The highest BCUT2D eigenvalue weighted by molar-refractivity contribution is 6.31. The van der Waals surface area contributed by atoms with Crippen LogP contribution in [-0.4, -0.2) is 26.8 Å². The van der Waals surface area contributed by atoms with Crippen LogP contribution >= 0.6 is 11.6 Å². The van der Waals surface area contributed by atoms with E-state index in [0.717, 1.165) is 16.7 Å². The Balaban J connectivity index is 1.66. The number of fused-ring (bicyclic) bond motifs is 1. The standard InChI is InChI=1S/C17H17ClN4O/c1-9(10-2-3-10)22-8-12-6-11(4-5-13(12)17(22)23)14-7-20-16(19)15(18)21-14/h4-7,9-10H,2-3,8H2,1H3,(H2,19,20). The molecule has 1 unspecified atom stereocenters. The Morgan fingerprint density at radius 3 is 2.87 bits per heavy atom. The average molecular weight is 329 g/mol. The van der Waals surface area contributed by atoms with Gasteiger partial charge in [0.05, 0.1) is 11.9 Å². The Morgan fingerprint density at radius 1 is 1.39 bits per heavy atom. The van der Waals surface area contributed by atoms with Gasteiger partial charge in [-0.15, -0.1) is 0 Å². The van der Waals surface area contributed by atoms with E-state index in [1.165, 1.54) is 12.8 Å². The van der Waals surface area contributed by atoms with E-state index >= 15 is 0 Å². The van der Waals surface area contributed by atoms with Crippen LogP contribution in [0.15, 0.2) is 24.4 Å². The van der Waals surface area contributed by atoms with Crippen molar-refractivity contribution in [1.29, 1.82) is 0 Å². The van der Waals surface area contributed by atoms with Crippen LogP contribution in [0.1, 0.15) is 35.7 Å². The summed E-state index contributed by atoms with van der Waals surface area (Å²) >= 11 is 5.95. The minimum Gasteiger partial charge on any atom is -0.381 e. The molecule has 1 aliphatic carbocycles. The monoisotopic (exact) mass is 328 g/mol. The molecule has 0 radical (unpaired) electrons. The molecule has 2 N–H and O–H groups in total. The van der Waals surface area contributed by atoms with Crippen molar-refractivity contribution in [3.8, 4) is 11.3 Å². The van der Waals surface area contributed by atoms with Crippen LogP contribution in [0.2, 0.25) is 5.15 Å². The van der Waals surface area contributed by atoms with Gasteiger partial charge in [-0.2, -0.15) is 0 Å². The molecule has 1 saturated carbocycles. The normalized spacial score (nSPS) is 18.2. The van der Waals surface area contributed by atoms with E-state index in [4.69, 9.17) is 17.3 Å². The summed E-state index contributed by atoms with van der Waals surface area (Å²) < 4.78 is 0. The number of carbonyl (C=O) groups is 1. The number of rotatable bonds is 3. The molecule has 1 aliphatic heterocycles. The first-order valence-corrected chi connectivity index (χ1v) is 8.14. The van der Waals surface area contributed by atoms with E-state index in [0.29, 0.717) is 24.2 Å². The zero-order valence-corrected chi connectivity index (χ0v) is 13.5. The number of nitrogens with two attached hydrogens (primary N) is 1. The molecule has 2 aromatic rings. The van der Waals surface area contributed by atoms with Crippen molar-refractivity contribution in [3.63, 3.8) is 0 Å². The van der Waals surface area contributed by atoms with Crippen molar-refractivity contribution >= 4 is 23.3 Å². The Kier molecular flexibility index (Phi) is 3.27. The molecule has 5 nitrogen and oxygen atoms in total. The van der Waals surface area contributed by atoms with Crippen molar-refractivity contribution in [2.75, 3.05) is 5.73 Å². The van der Waals surface area contributed by atoms with E-state index in [9.17, 15) is 4.79 Å². The fourth-order valence-corrected chi connectivity index (χ4v) is 3.32. The van der Waals surface area contributed by atoms with Crippen molar-refractivity contribution in [2.24, 2.45) is 5.92 Å². The Labute approximate surface area is 139 Å². The van der Waals surface area contributed by atoms with Gasteiger partial charge in [-0.25, -0.2) is 9.97 Å². The first-order chi connectivity index (χ1) is 11.0. The third-order valence-electron chi connectivity index (χ3n) is 4.78. The highest BCUT2D eigenvalue weighted by Gasteiger charge is 2.38. The fourth-order valence-electron chi connectivity index (χ4n) is 3.18. The number of hydrogen-bond donors (Lipinski definition) is 1. The van der Waals surface area contributed by atoms with E-state index in [-0.39, 0.29) is 16.9 Å². The Hall–Kier alpha value is -2.14. The number of nitrogens with zero attached hydrogens (tertiary/aromatic N) is 3. The Morgan fingerprint density at radius 2 is 2.17 bits per heavy atom. The van der Waals surface area contributed by atoms with Gasteiger partial charge in [0.1, 0.15) is 0 Å². The first-order valence-electron chi connectivity index (χ1n) is 7.77. The third-order valence-corrected chi connectivity index (χ3v) is 5.06. The van der Waals surface area contributed by atoms with Crippen LogP contribution in [0.3, 0.4) is 0 Å². The van der Waals surface area contributed by atoms with Crippen LogP contribution in [0.25, 0.3) is 11.3 Å². The van der Waals surface area contributed by atoms with E-state index in [1.54, 1.807) is 6.20 Å². The SMILES string of the molecule is CC(C1CC1)N1Cc2cc(-c3cnc(N)c(Cl)n3)ccc2C1=O. The molecule has 0 saturated heterocycles. The smallest absolute Gasteiger partial charge is 0.254 e. The summed E-state index contributed by atoms with van der Waals surface area (Å²) in [6, 6.07) is 6.07. The molecule has 2 heterocycles. The Bertz CT molecular complexity index is 803. The third kappa shape index (κ3) is 2.45. The molecule has 0 bridgehead atoms. The lowest BCUT2D eigenvalue weighted by Gasteiger charge is -2.23. The van der Waals surface area contributed by atoms with E-state index in [2.05, 4.69) is 16.9 Å². The molecule has 118 valence electrons. The maximum atomic E-state index is 12.6. The van der Waals surface area contributed by atoms with E-state index in [1.807, 2.05) is 23.1 Å². The number of halogens is 1. The van der Waals surface area contributed by atoms with Crippen LogP contribution in [0, 0.1) is 5.92 Å². The van der Waals surface area contributed by atoms with Crippen molar-refractivity contribution in [2.45, 2.75) is 32.4 Å². The van der Waals surface area contributed by atoms with Gasteiger partial charge < -0.3 is 10.6 Å². The number of aromatic nitrogens is 2. The van der Waals surface area contributed by atoms with E-state index < -0.39 is 0 Å². The summed E-state index contributed by atoms with van der Waals surface area (Å²) in [7, 11) is 0. The maximum absolute atomic E-state index is 12.6. The number of benzene rings is 1. The lowest BCUT2D eigenvalue weighted by molar-refractivity contribution is 0.0697. The molecule has 6 heteroatoms. The minimum atomic E-state index is 0.132. The highest BCUT2D eigenvalue weighted by atomic mass is 35.5. The molecule has 1 aromatic heterocycles. The summed E-state index contributed by atoms with van der Waals surface area (Å²) in [6.45, 7) is 2.81. The zero-order chi connectivity index (χ0) is 16.1. The number of carbonyl (C=O) groups excluding carboxylic acids is 1.